The second kappa shape index (κ2) is 9.94. The Morgan fingerprint density at radius 3 is 2.27 bits per heavy atom. The van der Waals surface area contributed by atoms with Gasteiger partial charge in [-0.1, -0.05) is 30.0 Å². The molecule has 2 unspecified atom stereocenters. The van der Waals surface area contributed by atoms with E-state index in [1.165, 1.54) is 4.90 Å². The Bertz CT molecular complexity index is 1570. The third-order valence-electron chi connectivity index (χ3n) is 8.63. The summed E-state index contributed by atoms with van der Waals surface area (Å²) in [6.07, 6.45) is 0.173. The van der Waals surface area contributed by atoms with Gasteiger partial charge in [-0.15, -0.1) is 0 Å². The molecule has 41 heavy (non-hydrogen) atoms. The molecule has 0 radical (unpaired) electrons. The zero-order chi connectivity index (χ0) is 30.0. The summed E-state index contributed by atoms with van der Waals surface area (Å²) in [6, 6.07) is 9.63. The van der Waals surface area contributed by atoms with Crippen LogP contribution in [-0.2, 0) is 25.6 Å². The first-order valence-electron chi connectivity index (χ1n) is 13.3. The Labute approximate surface area is 237 Å². The van der Waals surface area contributed by atoms with Gasteiger partial charge in [-0.2, -0.15) is 0 Å². The van der Waals surface area contributed by atoms with E-state index in [9.17, 15) is 34.2 Å². The number of benzene rings is 2. The van der Waals surface area contributed by atoms with Gasteiger partial charge >= 0.3 is 0 Å². The predicted octanol–water partition coefficient (Wildman–Crippen LogP) is 0.333. The van der Waals surface area contributed by atoms with Crippen LogP contribution in [0.1, 0.15) is 33.5 Å². The summed E-state index contributed by atoms with van der Waals surface area (Å²) in [5.41, 5.74) is 4.56. The SMILES string of the molecule is CN(C)c1cc(C#Cc2ccccc2)c(O)c2c1C[C@@H]1C[C@@H]3[C@@H](N(C)C)C(=O)C(C(N)=O)C(=O)[C@]3(O)C(=O)C1C2=O. The highest BCUT2D eigenvalue weighted by Gasteiger charge is 2.69. The van der Waals surface area contributed by atoms with Crippen LogP contribution in [0.2, 0.25) is 0 Å². The van der Waals surface area contributed by atoms with E-state index in [2.05, 4.69) is 11.8 Å². The lowest BCUT2D eigenvalue weighted by atomic mass is 9.52. The third-order valence-corrected chi connectivity index (χ3v) is 8.63. The van der Waals surface area contributed by atoms with E-state index in [0.717, 1.165) is 0 Å². The van der Waals surface area contributed by atoms with Crippen molar-refractivity contribution in [3.63, 3.8) is 0 Å². The van der Waals surface area contributed by atoms with Crippen LogP contribution in [0.3, 0.4) is 0 Å². The first kappa shape index (κ1) is 28.2. The van der Waals surface area contributed by atoms with Gasteiger partial charge < -0.3 is 20.8 Å². The molecule has 212 valence electrons. The summed E-state index contributed by atoms with van der Waals surface area (Å²) in [4.78, 5) is 70.1. The topological polar surface area (TPSA) is 158 Å². The van der Waals surface area contributed by atoms with Crippen LogP contribution in [0.5, 0.6) is 5.75 Å². The van der Waals surface area contributed by atoms with Crippen LogP contribution in [0.4, 0.5) is 5.69 Å². The number of likely N-dealkylation sites (N-methyl/N-ethyl adjacent to an activating group) is 1. The van der Waals surface area contributed by atoms with E-state index in [0.29, 0.717) is 16.8 Å². The van der Waals surface area contributed by atoms with Gasteiger partial charge in [0.25, 0.3) is 0 Å². The maximum Gasteiger partial charge on any atom is 0.235 e. The lowest BCUT2D eigenvalue weighted by Crippen LogP contribution is -2.74. The highest BCUT2D eigenvalue weighted by molar-refractivity contribution is 6.32. The van der Waals surface area contributed by atoms with Crippen LogP contribution in [0.25, 0.3) is 0 Å². The number of carbonyl (C=O) groups excluding carboxylic acids is 5. The quantitative estimate of drug-likeness (QED) is 0.357. The zero-order valence-electron chi connectivity index (χ0n) is 23.2. The molecule has 3 aliphatic carbocycles. The number of aromatic hydroxyl groups is 1. The number of primary amides is 1. The van der Waals surface area contributed by atoms with Gasteiger partial charge in [-0.3, -0.25) is 28.9 Å². The second-order valence-electron chi connectivity index (χ2n) is 11.4. The van der Waals surface area contributed by atoms with Crippen molar-refractivity contribution in [3.05, 3.63) is 58.7 Å². The number of Topliss-reactive ketones (excluding diaryl/α,β-unsaturated/α-hetero) is 4. The molecule has 0 spiro atoms. The minimum absolute atomic E-state index is 0.00686. The standard InChI is InChI=1S/C31H31N3O7/c1-33(2)20-14-16(11-10-15-8-6-5-7-9-15)25(35)22-18(20)12-17-13-19-24(34(3)4)27(37)23(30(32)40)29(39)31(19,41)28(38)21(17)26(22)36/h5-9,14,17,19,21,23-24,35,41H,12-13H2,1-4H3,(H2,32,40)/t17-,19-,21?,23?,24-,31-/m1/s1. The average molecular weight is 558 g/mol. The largest absolute Gasteiger partial charge is 0.506 e. The van der Waals surface area contributed by atoms with Crippen molar-refractivity contribution in [1.82, 2.24) is 4.90 Å². The van der Waals surface area contributed by atoms with E-state index in [-0.39, 0.29) is 29.7 Å². The summed E-state index contributed by atoms with van der Waals surface area (Å²) < 4.78 is 0. The summed E-state index contributed by atoms with van der Waals surface area (Å²) in [6.45, 7) is 0. The predicted molar refractivity (Wildman–Crippen MR) is 148 cm³/mol. The molecule has 2 fully saturated rings. The molecular formula is C31H31N3O7. The van der Waals surface area contributed by atoms with E-state index in [1.54, 1.807) is 51.3 Å². The molecule has 3 aliphatic rings. The summed E-state index contributed by atoms with van der Waals surface area (Å²) in [5, 5.41) is 23.0. The fourth-order valence-electron chi connectivity index (χ4n) is 6.81. The van der Waals surface area contributed by atoms with Gasteiger partial charge in [0.1, 0.15) is 5.75 Å². The molecule has 0 aliphatic heterocycles. The number of hydrogen-bond donors (Lipinski definition) is 3. The van der Waals surface area contributed by atoms with Crippen molar-refractivity contribution < 1.29 is 34.2 Å². The maximum absolute atomic E-state index is 14.1. The Kier molecular flexibility index (Phi) is 6.84. The van der Waals surface area contributed by atoms with Crippen LogP contribution in [0, 0.1) is 35.5 Å². The molecule has 0 saturated heterocycles. The summed E-state index contributed by atoms with van der Waals surface area (Å²) in [5.74, 6) is -4.94. The number of amides is 1. The van der Waals surface area contributed by atoms with Gasteiger partial charge in [0.2, 0.25) is 5.91 Å². The van der Waals surface area contributed by atoms with E-state index >= 15 is 0 Å². The van der Waals surface area contributed by atoms with Crippen molar-refractivity contribution in [2.45, 2.75) is 24.5 Å². The van der Waals surface area contributed by atoms with Gasteiger partial charge in [0, 0.05) is 31.3 Å². The number of phenols is 1. The number of fused-ring (bicyclic) bond motifs is 3. The van der Waals surface area contributed by atoms with E-state index in [1.807, 2.05) is 18.2 Å². The lowest BCUT2D eigenvalue weighted by Gasteiger charge is -2.52. The first-order chi connectivity index (χ1) is 19.3. The molecule has 2 saturated carbocycles. The van der Waals surface area contributed by atoms with Crippen molar-refractivity contribution in [3.8, 4) is 17.6 Å². The van der Waals surface area contributed by atoms with Gasteiger partial charge in [0.15, 0.2) is 34.7 Å². The monoisotopic (exact) mass is 557 g/mol. The molecule has 0 bridgehead atoms. The Morgan fingerprint density at radius 1 is 1.02 bits per heavy atom. The molecule has 0 aromatic heterocycles. The molecule has 10 heteroatoms. The number of hydrogen-bond acceptors (Lipinski definition) is 9. The fourth-order valence-corrected chi connectivity index (χ4v) is 6.81. The smallest absolute Gasteiger partial charge is 0.235 e. The number of aliphatic hydroxyl groups is 1. The summed E-state index contributed by atoms with van der Waals surface area (Å²) in [7, 11) is 6.67. The molecule has 2 aromatic carbocycles. The highest BCUT2D eigenvalue weighted by Crippen LogP contribution is 2.52. The third kappa shape index (κ3) is 4.15. The maximum atomic E-state index is 14.1. The zero-order valence-corrected chi connectivity index (χ0v) is 23.2. The molecule has 1 amide bonds. The number of nitrogens with zero attached hydrogens (tertiary/aromatic N) is 2. The minimum atomic E-state index is -2.76. The Balaban J connectivity index is 1.65. The Morgan fingerprint density at radius 2 is 1.68 bits per heavy atom. The van der Waals surface area contributed by atoms with Crippen LogP contribution >= 0.6 is 0 Å². The van der Waals surface area contributed by atoms with E-state index < -0.39 is 64.4 Å². The second-order valence-corrected chi connectivity index (χ2v) is 11.4. The van der Waals surface area contributed by atoms with Gasteiger partial charge in [-0.25, -0.2) is 0 Å². The van der Waals surface area contributed by atoms with Crippen molar-refractivity contribution >= 4 is 34.7 Å². The minimum Gasteiger partial charge on any atom is -0.506 e. The molecule has 2 aromatic rings. The van der Waals surface area contributed by atoms with Crippen LogP contribution < -0.4 is 10.6 Å². The van der Waals surface area contributed by atoms with Crippen molar-refractivity contribution in [1.29, 1.82) is 0 Å². The first-order valence-corrected chi connectivity index (χ1v) is 13.3. The van der Waals surface area contributed by atoms with Crippen LogP contribution in [-0.4, -0.2) is 84.0 Å². The number of phenolic OH excluding ortho intramolecular Hbond substituents is 1. The Hall–Kier alpha value is -4.33. The van der Waals surface area contributed by atoms with Crippen molar-refractivity contribution in [2.75, 3.05) is 33.1 Å². The molecular weight excluding hydrogens is 526 g/mol. The molecule has 10 nitrogen and oxygen atoms in total. The molecule has 0 heterocycles. The highest BCUT2D eigenvalue weighted by atomic mass is 16.3. The van der Waals surface area contributed by atoms with Crippen LogP contribution in [0.15, 0.2) is 36.4 Å². The average Bonchev–Trinajstić information content (AvgIpc) is 2.90. The number of carbonyl (C=O) groups is 5. The molecule has 4 N–H and O–H groups in total. The van der Waals surface area contributed by atoms with Gasteiger partial charge in [0.05, 0.1) is 23.1 Å². The lowest BCUT2D eigenvalue weighted by molar-refractivity contribution is -0.181. The fraction of sp³-hybridized carbons (Fsp3) is 0.387. The number of nitrogens with two attached hydrogens (primary N) is 1. The normalized spacial score (nSPS) is 28.8. The molecule has 5 rings (SSSR count). The summed E-state index contributed by atoms with van der Waals surface area (Å²) >= 11 is 0. The van der Waals surface area contributed by atoms with Crippen molar-refractivity contribution in [2.24, 2.45) is 29.4 Å². The number of rotatable bonds is 3. The van der Waals surface area contributed by atoms with Gasteiger partial charge in [-0.05, 0) is 56.6 Å². The number of anilines is 1. The van der Waals surface area contributed by atoms with E-state index in [4.69, 9.17) is 5.73 Å². The number of ketones is 4. The molecule has 6 atom stereocenters.